The van der Waals surface area contributed by atoms with Crippen molar-refractivity contribution < 1.29 is 80.2 Å². The van der Waals surface area contributed by atoms with Crippen LogP contribution < -0.4 is 0 Å². The molecule has 0 amide bonds. The van der Waals surface area contributed by atoms with E-state index in [1.54, 1.807) is 0 Å². The standard InChI is InChI=1S/C70H136O17P2/c1-8-9-10-11-27-37-44-51-67(72)80-57-66(87-70(75)54-47-40-33-32-36-43-50-63(6)7)60-85-89(78,79)83-56-64(71)55-82-88(76,77)84-59-65(58-81-68(73)52-45-38-30-25-21-18-14-16-20-24-29-35-42-49-62(4)5)86-69(74)53-46-39-31-26-22-17-13-12-15-19-23-28-34-41-48-61(2)3/h61-66,71H,8-60H2,1-7H3,(H,76,77)(H,78,79)/t64-,65-,66-/m1/s1. The molecule has 5 atom stereocenters. The zero-order valence-electron chi connectivity index (χ0n) is 57.9. The number of esters is 4. The van der Waals surface area contributed by atoms with E-state index in [0.717, 1.165) is 115 Å². The van der Waals surface area contributed by atoms with Crippen molar-refractivity contribution in [2.75, 3.05) is 39.6 Å². The van der Waals surface area contributed by atoms with Gasteiger partial charge in [0, 0.05) is 25.7 Å². The molecule has 528 valence electrons. The van der Waals surface area contributed by atoms with Gasteiger partial charge in [-0.25, -0.2) is 9.13 Å². The molecular formula is C70H136O17P2. The number of rotatable bonds is 68. The van der Waals surface area contributed by atoms with Crippen molar-refractivity contribution in [3.63, 3.8) is 0 Å². The Kier molecular flexibility index (Phi) is 59.6. The first-order valence-corrected chi connectivity index (χ1v) is 39.3. The van der Waals surface area contributed by atoms with E-state index in [4.69, 9.17) is 37.0 Å². The fourth-order valence-corrected chi connectivity index (χ4v) is 12.1. The average Bonchev–Trinajstić information content (AvgIpc) is 3.66. The quantitative estimate of drug-likeness (QED) is 0.0222. The van der Waals surface area contributed by atoms with Crippen LogP contribution in [-0.2, 0) is 65.4 Å². The lowest BCUT2D eigenvalue weighted by molar-refractivity contribution is -0.161. The molecule has 89 heavy (non-hydrogen) atoms. The number of hydrogen-bond acceptors (Lipinski definition) is 15. The van der Waals surface area contributed by atoms with Crippen molar-refractivity contribution in [3.05, 3.63) is 0 Å². The second-order valence-corrected chi connectivity index (χ2v) is 29.6. The first kappa shape index (κ1) is 87.1. The number of aliphatic hydroxyl groups is 1. The molecule has 0 aliphatic carbocycles. The predicted molar refractivity (Wildman–Crippen MR) is 358 cm³/mol. The molecule has 0 rings (SSSR count). The van der Waals surface area contributed by atoms with Crippen LogP contribution in [0.15, 0.2) is 0 Å². The topological polar surface area (TPSA) is 237 Å². The average molecular weight is 1310 g/mol. The molecular weight excluding hydrogens is 1170 g/mol. The molecule has 0 spiro atoms. The third kappa shape index (κ3) is 64.6. The molecule has 0 aromatic rings. The summed E-state index contributed by atoms with van der Waals surface area (Å²) in [5, 5.41) is 10.6. The number of carbonyl (C=O) groups excluding carboxylic acids is 4. The van der Waals surface area contributed by atoms with Gasteiger partial charge in [0.1, 0.15) is 19.3 Å². The molecule has 0 aromatic heterocycles. The highest BCUT2D eigenvalue weighted by atomic mass is 31.2. The number of ether oxygens (including phenoxy) is 4. The van der Waals surface area contributed by atoms with Gasteiger partial charge in [-0.05, 0) is 43.4 Å². The highest BCUT2D eigenvalue weighted by molar-refractivity contribution is 7.47. The highest BCUT2D eigenvalue weighted by Gasteiger charge is 2.30. The Balaban J connectivity index is 5.19. The Hall–Kier alpha value is -1.94. The van der Waals surface area contributed by atoms with Crippen LogP contribution in [0.2, 0.25) is 0 Å². The lowest BCUT2D eigenvalue weighted by Gasteiger charge is -2.21. The van der Waals surface area contributed by atoms with Crippen LogP contribution >= 0.6 is 15.6 Å². The smallest absolute Gasteiger partial charge is 0.462 e. The molecule has 0 fully saturated rings. The Morgan fingerprint density at radius 2 is 0.517 bits per heavy atom. The van der Waals surface area contributed by atoms with E-state index < -0.39 is 97.5 Å². The zero-order valence-corrected chi connectivity index (χ0v) is 59.7. The Labute approximate surface area is 543 Å². The summed E-state index contributed by atoms with van der Waals surface area (Å²) in [4.78, 5) is 72.3. The van der Waals surface area contributed by atoms with Crippen LogP contribution in [0, 0.1) is 17.8 Å². The molecule has 19 heteroatoms. The number of phosphoric acid groups is 2. The highest BCUT2D eigenvalue weighted by Crippen LogP contribution is 2.45. The van der Waals surface area contributed by atoms with Crippen LogP contribution in [0.1, 0.15) is 350 Å². The van der Waals surface area contributed by atoms with Gasteiger partial charge >= 0.3 is 39.5 Å². The van der Waals surface area contributed by atoms with E-state index in [1.165, 1.54) is 148 Å². The fraction of sp³-hybridized carbons (Fsp3) is 0.943. The van der Waals surface area contributed by atoms with Gasteiger partial charge < -0.3 is 33.8 Å². The minimum Gasteiger partial charge on any atom is -0.462 e. The lowest BCUT2D eigenvalue weighted by atomic mass is 10.0. The third-order valence-corrected chi connectivity index (χ3v) is 18.0. The zero-order chi connectivity index (χ0) is 65.9. The molecule has 0 aromatic carbocycles. The molecule has 0 saturated heterocycles. The van der Waals surface area contributed by atoms with Crippen molar-refractivity contribution in [3.8, 4) is 0 Å². The van der Waals surface area contributed by atoms with E-state index in [1.807, 2.05) is 0 Å². The fourth-order valence-electron chi connectivity index (χ4n) is 10.5. The summed E-state index contributed by atoms with van der Waals surface area (Å²) in [5.41, 5.74) is 0. The van der Waals surface area contributed by atoms with Gasteiger partial charge in [-0.1, -0.05) is 299 Å². The van der Waals surface area contributed by atoms with Crippen molar-refractivity contribution in [1.29, 1.82) is 0 Å². The summed E-state index contributed by atoms with van der Waals surface area (Å²) in [6.07, 6.45) is 44.8. The number of hydrogen-bond donors (Lipinski definition) is 3. The number of phosphoric ester groups is 2. The van der Waals surface area contributed by atoms with E-state index in [0.29, 0.717) is 31.6 Å². The SMILES string of the molecule is CCCCCCCCCC(=O)OC[C@H](COP(=O)(O)OC[C@H](O)COP(=O)(O)OC[C@@H](COC(=O)CCCCCCCCCCCCCCCC(C)C)OC(=O)CCCCCCCCCCCCCCCCC(C)C)OC(=O)CCCCCCCCC(C)C. The minimum absolute atomic E-state index is 0.102. The molecule has 3 N–H and O–H groups in total. The molecule has 0 heterocycles. The van der Waals surface area contributed by atoms with E-state index >= 15 is 0 Å². The second-order valence-electron chi connectivity index (χ2n) is 26.7. The first-order chi connectivity index (χ1) is 42.7. The molecule has 0 saturated carbocycles. The Morgan fingerprint density at radius 1 is 0.303 bits per heavy atom. The van der Waals surface area contributed by atoms with Crippen LogP contribution in [0.25, 0.3) is 0 Å². The van der Waals surface area contributed by atoms with Crippen LogP contribution in [0.5, 0.6) is 0 Å². The number of aliphatic hydroxyl groups excluding tert-OH is 1. The van der Waals surface area contributed by atoms with Gasteiger partial charge in [-0.15, -0.1) is 0 Å². The number of carbonyl (C=O) groups is 4. The van der Waals surface area contributed by atoms with Gasteiger partial charge in [0.25, 0.3) is 0 Å². The summed E-state index contributed by atoms with van der Waals surface area (Å²) in [7, 11) is -9.89. The molecule has 2 unspecified atom stereocenters. The summed E-state index contributed by atoms with van der Waals surface area (Å²) in [5.74, 6) is 0.121. The number of unbranched alkanes of at least 4 members (excludes halogenated alkanes) is 36. The normalized spacial score (nSPS) is 14.2. The summed E-state index contributed by atoms with van der Waals surface area (Å²) in [6.45, 7) is 11.8. The van der Waals surface area contributed by atoms with Crippen LogP contribution in [0.4, 0.5) is 0 Å². The monoisotopic (exact) mass is 1310 g/mol. The van der Waals surface area contributed by atoms with Gasteiger partial charge in [0.15, 0.2) is 12.2 Å². The summed E-state index contributed by atoms with van der Waals surface area (Å²) >= 11 is 0. The lowest BCUT2D eigenvalue weighted by Crippen LogP contribution is -2.30. The summed E-state index contributed by atoms with van der Waals surface area (Å²) < 4.78 is 68.1. The Morgan fingerprint density at radius 3 is 0.764 bits per heavy atom. The van der Waals surface area contributed by atoms with Crippen molar-refractivity contribution >= 4 is 39.5 Å². The van der Waals surface area contributed by atoms with Crippen LogP contribution in [-0.4, -0.2) is 96.7 Å². The third-order valence-electron chi connectivity index (χ3n) is 16.1. The largest absolute Gasteiger partial charge is 0.472 e. The molecule has 0 aliphatic heterocycles. The summed E-state index contributed by atoms with van der Waals surface area (Å²) in [6, 6.07) is 0. The van der Waals surface area contributed by atoms with E-state index in [9.17, 15) is 43.2 Å². The first-order valence-electron chi connectivity index (χ1n) is 36.3. The van der Waals surface area contributed by atoms with E-state index in [-0.39, 0.29) is 25.7 Å². The van der Waals surface area contributed by atoms with Crippen molar-refractivity contribution in [2.24, 2.45) is 17.8 Å². The molecule has 0 radical (unpaired) electrons. The van der Waals surface area contributed by atoms with Gasteiger partial charge in [0.05, 0.1) is 26.4 Å². The maximum absolute atomic E-state index is 13.0. The van der Waals surface area contributed by atoms with Crippen molar-refractivity contribution in [2.45, 2.75) is 369 Å². The maximum atomic E-state index is 13.0. The van der Waals surface area contributed by atoms with Gasteiger partial charge in [-0.2, -0.15) is 0 Å². The predicted octanol–water partition coefficient (Wildman–Crippen LogP) is 19.8. The maximum Gasteiger partial charge on any atom is 0.472 e. The minimum atomic E-state index is -4.95. The van der Waals surface area contributed by atoms with Gasteiger partial charge in [0.2, 0.25) is 0 Å². The van der Waals surface area contributed by atoms with Crippen LogP contribution in [0.3, 0.4) is 0 Å². The molecule has 0 bridgehead atoms. The van der Waals surface area contributed by atoms with E-state index in [2.05, 4.69) is 48.5 Å². The molecule has 17 nitrogen and oxygen atoms in total. The van der Waals surface area contributed by atoms with Gasteiger partial charge in [-0.3, -0.25) is 37.3 Å². The second kappa shape index (κ2) is 61.0. The van der Waals surface area contributed by atoms with Crippen molar-refractivity contribution in [1.82, 2.24) is 0 Å². The molecule has 0 aliphatic rings. The Bertz CT molecular complexity index is 1750.